The molecule has 7 aliphatic rings. The molecule has 6 aliphatic carbocycles. The number of likely N-dealkylation sites (N-methyl/N-ethyl adjacent to an activating group) is 1. The molecular formula is C41H64N2O7. The quantitative estimate of drug-likeness (QED) is 0.0814. The number of allylic oxidation sites excluding steroid dienone is 1. The number of carbonyl (C=O) groups excluding carboxylic acids is 2. The topological polar surface area (TPSA) is 148 Å². The molecule has 7 rings (SSSR count). The van der Waals surface area contributed by atoms with Gasteiger partial charge in [-0.15, -0.1) is 0 Å². The average Bonchev–Trinajstić information content (AvgIpc) is 3.51. The molecule has 9 heteroatoms. The van der Waals surface area contributed by atoms with Gasteiger partial charge in [-0.2, -0.15) is 0 Å². The maximum Gasteiger partial charge on any atom is 0.331 e. The van der Waals surface area contributed by atoms with E-state index in [2.05, 4.69) is 44.4 Å². The Morgan fingerprint density at radius 2 is 1.86 bits per heavy atom. The zero-order valence-electron chi connectivity index (χ0n) is 31.1. The summed E-state index contributed by atoms with van der Waals surface area (Å²) >= 11 is 0. The van der Waals surface area contributed by atoms with Crippen molar-refractivity contribution in [2.75, 3.05) is 26.7 Å². The molecule has 0 amide bonds. The van der Waals surface area contributed by atoms with E-state index in [9.17, 15) is 30.0 Å². The fraction of sp³-hybridized carbons (Fsp3) is 0.854. The van der Waals surface area contributed by atoms with Crippen molar-refractivity contribution < 1.29 is 34.8 Å². The monoisotopic (exact) mass is 696 g/mol. The Morgan fingerprint density at radius 1 is 1.08 bits per heavy atom. The molecule has 0 aromatic heterocycles. The van der Waals surface area contributed by atoms with Crippen LogP contribution >= 0.6 is 0 Å². The van der Waals surface area contributed by atoms with E-state index >= 15 is 0 Å². The lowest BCUT2D eigenvalue weighted by Crippen LogP contribution is -2.81. The van der Waals surface area contributed by atoms with Crippen LogP contribution in [-0.2, 0) is 14.3 Å². The minimum Gasteiger partial charge on any atom is -0.450 e. The lowest BCUT2D eigenvalue weighted by atomic mass is 9.35. The van der Waals surface area contributed by atoms with Crippen molar-refractivity contribution in [2.24, 2.45) is 58.2 Å². The van der Waals surface area contributed by atoms with Gasteiger partial charge in [-0.3, -0.25) is 0 Å². The number of hydrogen-bond acceptors (Lipinski definition) is 9. The van der Waals surface area contributed by atoms with Crippen LogP contribution in [0.25, 0.3) is 0 Å². The van der Waals surface area contributed by atoms with Gasteiger partial charge in [-0.05, 0) is 111 Å². The van der Waals surface area contributed by atoms with Crippen molar-refractivity contribution in [3.8, 4) is 0 Å². The maximum absolute atomic E-state index is 14.0. The number of unbranched alkanes of at least 4 members (excludes halogenated alkanes) is 2. The summed E-state index contributed by atoms with van der Waals surface area (Å²) in [4.78, 5) is 26.9. The zero-order chi connectivity index (χ0) is 35.9. The molecular weight excluding hydrogens is 632 g/mol. The third-order valence-electron chi connectivity index (χ3n) is 16.0. The van der Waals surface area contributed by atoms with Gasteiger partial charge >= 0.3 is 5.97 Å². The number of rotatable bonds is 11. The summed E-state index contributed by atoms with van der Waals surface area (Å²) in [6.07, 6.45) is 11.5. The molecule has 280 valence electrons. The Balaban J connectivity index is 1.33. The number of aliphatic hydroxyl groups is 4. The van der Waals surface area contributed by atoms with Gasteiger partial charge in [-0.25, -0.2) is 4.79 Å². The van der Waals surface area contributed by atoms with Crippen LogP contribution in [0.1, 0.15) is 105 Å². The van der Waals surface area contributed by atoms with Crippen LogP contribution in [0.15, 0.2) is 23.3 Å². The average molecular weight is 697 g/mol. The van der Waals surface area contributed by atoms with E-state index in [1.807, 2.05) is 7.05 Å². The Bertz CT molecular complexity index is 1400. The normalized spacial score (nSPS) is 49.1. The molecule has 0 bridgehead atoms. The second-order valence-electron chi connectivity index (χ2n) is 18.4. The molecule has 6 N–H and O–H groups in total. The largest absolute Gasteiger partial charge is 0.450 e. The first-order valence-electron chi connectivity index (χ1n) is 20.1. The Kier molecular flexibility index (Phi) is 9.58. The molecule has 5 fully saturated rings. The summed E-state index contributed by atoms with van der Waals surface area (Å²) in [5, 5.41) is 59.1. The van der Waals surface area contributed by atoms with Gasteiger partial charge in [0, 0.05) is 43.0 Å². The fourth-order valence-corrected chi connectivity index (χ4v) is 13.7. The first-order chi connectivity index (χ1) is 23.8. The van der Waals surface area contributed by atoms with E-state index in [0.29, 0.717) is 51.0 Å². The summed E-state index contributed by atoms with van der Waals surface area (Å²) < 4.78 is 5.91. The summed E-state index contributed by atoms with van der Waals surface area (Å²) in [6.45, 7) is 10.8. The van der Waals surface area contributed by atoms with Gasteiger partial charge in [0.05, 0.1) is 22.7 Å². The first kappa shape index (κ1) is 36.7. The van der Waals surface area contributed by atoms with Crippen LogP contribution in [0.4, 0.5) is 0 Å². The smallest absolute Gasteiger partial charge is 0.331 e. The summed E-state index contributed by atoms with van der Waals surface area (Å²) in [7, 11) is 1.91. The van der Waals surface area contributed by atoms with Crippen LogP contribution < -0.4 is 10.6 Å². The molecule has 50 heavy (non-hydrogen) atoms. The SMILES string of the molecule is CCCCCC1CC2(C=O)C3CCC4(C)C5C6=CC(=O)OC6C(CNCCNC)=CC5CC4(O)C3(O)CC3CC(C(C)C)CCC(C1O)C32O. The lowest BCUT2D eigenvalue weighted by Gasteiger charge is -2.72. The van der Waals surface area contributed by atoms with E-state index in [1.165, 1.54) is 0 Å². The van der Waals surface area contributed by atoms with Crippen LogP contribution in [0.3, 0.4) is 0 Å². The summed E-state index contributed by atoms with van der Waals surface area (Å²) in [5.41, 5.74) is -4.85. The molecule has 1 aliphatic heterocycles. The van der Waals surface area contributed by atoms with Gasteiger partial charge in [0.1, 0.15) is 18.0 Å². The number of aldehydes is 1. The van der Waals surface area contributed by atoms with Gasteiger partial charge in [0.15, 0.2) is 0 Å². The van der Waals surface area contributed by atoms with Crippen molar-refractivity contribution >= 4 is 12.3 Å². The number of carbonyl (C=O) groups is 2. The second kappa shape index (κ2) is 13.0. The third kappa shape index (κ3) is 4.92. The van der Waals surface area contributed by atoms with Crippen molar-refractivity contribution in [3.63, 3.8) is 0 Å². The van der Waals surface area contributed by atoms with Gasteiger partial charge in [0.25, 0.3) is 0 Å². The molecule has 0 aromatic rings. The van der Waals surface area contributed by atoms with Crippen LogP contribution in [0, 0.1) is 58.2 Å². The minimum absolute atomic E-state index is 0.112. The highest BCUT2D eigenvalue weighted by Crippen LogP contribution is 2.76. The molecule has 14 atom stereocenters. The third-order valence-corrected chi connectivity index (χ3v) is 16.0. The highest BCUT2D eigenvalue weighted by Gasteiger charge is 2.82. The molecule has 14 unspecified atom stereocenters. The Morgan fingerprint density at radius 3 is 2.56 bits per heavy atom. The van der Waals surface area contributed by atoms with Gasteiger partial charge < -0.3 is 40.6 Å². The van der Waals surface area contributed by atoms with Crippen LogP contribution in [0.2, 0.25) is 0 Å². The number of ether oxygens (including phenoxy) is 1. The van der Waals surface area contributed by atoms with E-state index in [-0.39, 0.29) is 36.1 Å². The van der Waals surface area contributed by atoms with E-state index in [4.69, 9.17) is 4.74 Å². The molecule has 9 nitrogen and oxygen atoms in total. The number of aliphatic hydroxyl groups excluding tert-OH is 1. The number of fused-ring (bicyclic) bond motifs is 8. The van der Waals surface area contributed by atoms with Gasteiger partial charge in [0.2, 0.25) is 0 Å². The molecule has 0 spiro atoms. The number of hydrogen-bond donors (Lipinski definition) is 6. The molecule has 5 saturated carbocycles. The van der Waals surface area contributed by atoms with Crippen molar-refractivity contribution in [1.82, 2.24) is 10.6 Å². The molecule has 0 saturated heterocycles. The molecule has 0 aromatic carbocycles. The summed E-state index contributed by atoms with van der Waals surface area (Å²) in [5.74, 6) is -1.75. The highest BCUT2D eigenvalue weighted by atomic mass is 16.5. The zero-order valence-corrected chi connectivity index (χ0v) is 31.1. The van der Waals surface area contributed by atoms with E-state index < -0.39 is 57.6 Å². The summed E-state index contributed by atoms with van der Waals surface area (Å²) in [6, 6.07) is 0. The predicted octanol–water partition coefficient (Wildman–Crippen LogP) is 4.07. The van der Waals surface area contributed by atoms with Crippen molar-refractivity contribution in [1.29, 1.82) is 0 Å². The molecule has 0 radical (unpaired) electrons. The van der Waals surface area contributed by atoms with Crippen molar-refractivity contribution in [3.05, 3.63) is 23.3 Å². The minimum atomic E-state index is -1.64. The maximum atomic E-state index is 14.0. The number of nitrogens with one attached hydrogen (secondary N) is 2. The van der Waals surface area contributed by atoms with E-state index in [1.54, 1.807) is 6.08 Å². The first-order valence-corrected chi connectivity index (χ1v) is 20.1. The van der Waals surface area contributed by atoms with Crippen molar-refractivity contribution in [2.45, 2.75) is 134 Å². The fourth-order valence-electron chi connectivity index (χ4n) is 13.7. The highest BCUT2D eigenvalue weighted by molar-refractivity contribution is 5.87. The Hall–Kier alpha value is -1.62. The van der Waals surface area contributed by atoms with E-state index in [0.717, 1.165) is 62.6 Å². The van der Waals surface area contributed by atoms with Crippen LogP contribution in [0.5, 0.6) is 0 Å². The standard InChI is InChI=1S/C41H64N2O7/c1-6-7-8-9-26-19-38(23-44)32-12-13-37(4)34-27(16-28(22-43-15-14-42-5)36-30(34)18-33(45)50-36)20-40(37,48)39(32,47)21-29-17-25(24(2)3)10-11-31(35(26)46)41(29,38)49/h16,18,23-27,29,31-32,34-36,42-43,46-49H,6-15,17,19-22H2,1-5H3. The molecule has 1 heterocycles. The predicted molar refractivity (Wildman–Crippen MR) is 191 cm³/mol. The van der Waals surface area contributed by atoms with Gasteiger partial charge in [-0.1, -0.05) is 53.0 Å². The van der Waals surface area contributed by atoms with Crippen LogP contribution in [-0.4, -0.2) is 88.4 Å². The Labute approximate surface area is 299 Å². The lowest BCUT2D eigenvalue weighted by molar-refractivity contribution is -0.346. The second-order valence-corrected chi connectivity index (χ2v) is 18.4. The number of esters is 1.